The van der Waals surface area contributed by atoms with Gasteiger partial charge in [-0.15, -0.1) is 0 Å². The number of hydrogen-bond donors (Lipinski definition) is 0. The number of pyridine rings is 1. The number of amides is 1. The van der Waals surface area contributed by atoms with Crippen molar-refractivity contribution in [3.8, 4) is 11.6 Å². The molecule has 3 heterocycles. The fourth-order valence-corrected chi connectivity index (χ4v) is 3.55. The number of nitrogens with zero attached hydrogens (tertiary/aromatic N) is 5. The van der Waals surface area contributed by atoms with Gasteiger partial charge in [0, 0.05) is 18.3 Å². The summed E-state index contributed by atoms with van der Waals surface area (Å²) in [5, 5.41) is 8.16. The lowest BCUT2D eigenvalue weighted by atomic mass is 9.99. The first kappa shape index (κ1) is 19.0. The van der Waals surface area contributed by atoms with E-state index in [-0.39, 0.29) is 23.6 Å². The smallest absolute Gasteiger partial charge is 0.256 e. The number of likely N-dealkylation sites (tertiary alicyclic amines) is 1. The molecule has 1 saturated heterocycles. The number of carbonyl (C=O) groups excluding carboxylic acids is 1. The molecular weight excluding hydrogens is 373 g/mol. The molecule has 7 nitrogen and oxygen atoms in total. The zero-order valence-corrected chi connectivity index (χ0v) is 16.3. The maximum Gasteiger partial charge on any atom is 0.256 e. The van der Waals surface area contributed by atoms with Crippen LogP contribution in [-0.4, -0.2) is 49.5 Å². The van der Waals surface area contributed by atoms with E-state index < -0.39 is 5.82 Å². The molecule has 150 valence electrons. The van der Waals surface area contributed by atoms with Gasteiger partial charge in [0.15, 0.2) is 0 Å². The molecule has 0 unspecified atom stereocenters. The van der Waals surface area contributed by atoms with Gasteiger partial charge in [-0.05, 0) is 56.5 Å². The first-order chi connectivity index (χ1) is 14.0. The Labute approximate surface area is 168 Å². The number of piperidine rings is 1. The van der Waals surface area contributed by atoms with Gasteiger partial charge in [-0.25, -0.2) is 9.37 Å². The number of carbonyl (C=O) groups is 1. The van der Waals surface area contributed by atoms with Crippen LogP contribution in [0.2, 0.25) is 0 Å². The average molecular weight is 395 g/mol. The number of hydrogen-bond acceptors (Lipinski definition) is 5. The Morgan fingerprint density at radius 2 is 1.93 bits per heavy atom. The van der Waals surface area contributed by atoms with Gasteiger partial charge in [0.05, 0.1) is 30.2 Å². The molecule has 0 saturated carbocycles. The third kappa shape index (κ3) is 4.11. The van der Waals surface area contributed by atoms with E-state index in [2.05, 4.69) is 15.2 Å². The molecule has 0 aliphatic carbocycles. The van der Waals surface area contributed by atoms with Crippen LogP contribution in [0.25, 0.3) is 5.69 Å². The zero-order chi connectivity index (χ0) is 20.4. The van der Waals surface area contributed by atoms with Crippen molar-refractivity contribution in [2.75, 3.05) is 6.54 Å². The predicted octanol–water partition coefficient (Wildman–Crippen LogP) is 3.18. The summed E-state index contributed by atoms with van der Waals surface area (Å²) in [6.45, 7) is 4.37. The second-order valence-corrected chi connectivity index (χ2v) is 7.28. The van der Waals surface area contributed by atoms with Crippen LogP contribution in [0.4, 0.5) is 4.39 Å². The molecule has 2 aromatic heterocycles. The van der Waals surface area contributed by atoms with Crippen molar-refractivity contribution in [1.82, 2.24) is 24.9 Å². The lowest BCUT2D eigenvalue weighted by molar-refractivity contribution is 0.0372. The van der Waals surface area contributed by atoms with E-state index in [0.717, 1.165) is 18.4 Å². The van der Waals surface area contributed by atoms with Crippen molar-refractivity contribution in [2.45, 2.75) is 38.8 Å². The first-order valence-electron chi connectivity index (χ1n) is 9.58. The van der Waals surface area contributed by atoms with Gasteiger partial charge in [-0.2, -0.15) is 15.0 Å². The van der Waals surface area contributed by atoms with Crippen molar-refractivity contribution >= 4 is 5.91 Å². The van der Waals surface area contributed by atoms with Gasteiger partial charge in [-0.1, -0.05) is 0 Å². The molecule has 3 aromatic rings. The third-order valence-corrected chi connectivity index (χ3v) is 5.10. The van der Waals surface area contributed by atoms with Crippen LogP contribution < -0.4 is 4.74 Å². The average Bonchev–Trinajstić information content (AvgIpc) is 3.23. The van der Waals surface area contributed by atoms with Crippen LogP contribution in [0.3, 0.4) is 0 Å². The molecule has 0 radical (unpaired) electrons. The fourth-order valence-electron chi connectivity index (χ4n) is 3.55. The summed E-state index contributed by atoms with van der Waals surface area (Å²) < 4.78 is 20.0. The number of aryl methyl sites for hydroxylation is 1. The monoisotopic (exact) mass is 395 g/mol. The molecule has 4 rings (SSSR count). The van der Waals surface area contributed by atoms with Gasteiger partial charge in [-0.3, -0.25) is 4.79 Å². The molecule has 1 aliphatic rings. The van der Waals surface area contributed by atoms with Gasteiger partial charge in [0.25, 0.3) is 5.91 Å². The Morgan fingerprint density at radius 3 is 2.69 bits per heavy atom. The first-order valence-corrected chi connectivity index (χ1v) is 9.58. The molecule has 0 spiro atoms. The molecule has 1 aromatic carbocycles. The highest BCUT2D eigenvalue weighted by Crippen LogP contribution is 2.25. The summed E-state index contributed by atoms with van der Waals surface area (Å²) in [5.41, 5.74) is 1.72. The Hall–Kier alpha value is -3.29. The number of ether oxygens (including phenoxy) is 1. The van der Waals surface area contributed by atoms with E-state index in [4.69, 9.17) is 4.74 Å². The van der Waals surface area contributed by atoms with E-state index in [1.807, 2.05) is 26.0 Å². The molecule has 0 N–H and O–H groups in total. The van der Waals surface area contributed by atoms with E-state index in [1.165, 1.54) is 35.4 Å². The quantitative estimate of drug-likeness (QED) is 0.678. The maximum atomic E-state index is 14.0. The Kier molecular flexibility index (Phi) is 5.24. The summed E-state index contributed by atoms with van der Waals surface area (Å²) in [6, 6.07) is 7.83. The molecule has 1 amide bonds. The second-order valence-electron chi connectivity index (χ2n) is 7.28. The standard InChI is InChI=1S/C21H22FN5O2/c1-14-7-8-23-20(11-14)29-17-5-3-15(2)26(13-17)21(28)18-12-16(22)4-6-19(18)27-24-9-10-25-27/h4,6-12,15,17H,3,5,13H2,1-2H3/t15-,17-/m1/s1. The Morgan fingerprint density at radius 1 is 1.14 bits per heavy atom. The molecular formula is C21H22FN5O2. The lowest BCUT2D eigenvalue weighted by Crippen LogP contribution is -2.49. The van der Waals surface area contributed by atoms with E-state index in [9.17, 15) is 9.18 Å². The highest BCUT2D eigenvalue weighted by molar-refractivity contribution is 5.98. The highest BCUT2D eigenvalue weighted by Gasteiger charge is 2.32. The van der Waals surface area contributed by atoms with Crippen LogP contribution in [0.1, 0.15) is 35.7 Å². The summed E-state index contributed by atoms with van der Waals surface area (Å²) >= 11 is 0. The molecule has 1 fully saturated rings. The van der Waals surface area contributed by atoms with Crippen LogP contribution in [-0.2, 0) is 0 Å². The van der Waals surface area contributed by atoms with Crippen molar-refractivity contribution in [2.24, 2.45) is 0 Å². The minimum absolute atomic E-state index is 0.00881. The van der Waals surface area contributed by atoms with Crippen molar-refractivity contribution in [1.29, 1.82) is 0 Å². The van der Waals surface area contributed by atoms with Gasteiger partial charge >= 0.3 is 0 Å². The van der Waals surface area contributed by atoms with E-state index in [0.29, 0.717) is 18.1 Å². The van der Waals surface area contributed by atoms with Gasteiger partial charge in [0.2, 0.25) is 5.88 Å². The van der Waals surface area contributed by atoms with Crippen molar-refractivity contribution in [3.05, 3.63) is 65.9 Å². The number of benzene rings is 1. The summed E-state index contributed by atoms with van der Waals surface area (Å²) in [6.07, 6.45) is 6.16. The van der Waals surface area contributed by atoms with E-state index in [1.54, 1.807) is 11.1 Å². The zero-order valence-electron chi connectivity index (χ0n) is 16.3. The lowest BCUT2D eigenvalue weighted by Gasteiger charge is -2.38. The summed E-state index contributed by atoms with van der Waals surface area (Å²) in [5.74, 6) is -0.204. The fraction of sp³-hybridized carbons (Fsp3) is 0.333. The van der Waals surface area contributed by atoms with Crippen LogP contribution in [0.15, 0.2) is 48.9 Å². The number of rotatable bonds is 4. The molecule has 1 aliphatic heterocycles. The predicted molar refractivity (Wildman–Crippen MR) is 104 cm³/mol. The third-order valence-electron chi connectivity index (χ3n) is 5.10. The Balaban J connectivity index is 1.58. The van der Waals surface area contributed by atoms with Crippen LogP contribution in [0, 0.1) is 12.7 Å². The summed E-state index contributed by atoms with van der Waals surface area (Å²) in [7, 11) is 0. The molecule has 8 heteroatoms. The van der Waals surface area contributed by atoms with Gasteiger partial charge < -0.3 is 9.64 Å². The highest BCUT2D eigenvalue weighted by atomic mass is 19.1. The normalized spacial score (nSPS) is 19.2. The minimum Gasteiger partial charge on any atom is -0.472 e. The largest absolute Gasteiger partial charge is 0.472 e. The number of aromatic nitrogens is 4. The van der Waals surface area contributed by atoms with E-state index >= 15 is 0 Å². The second kappa shape index (κ2) is 7.98. The molecule has 0 bridgehead atoms. The molecule has 2 atom stereocenters. The Bertz CT molecular complexity index is 1010. The minimum atomic E-state index is -0.481. The number of halogens is 1. The van der Waals surface area contributed by atoms with Crippen molar-refractivity contribution in [3.63, 3.8) is 0 Å². The van der Waals surface area contributed by atoms with Gasteiger partial charge in [0.1, 0.15) is 11.9 Å². The topological polar surface area (TPSA) is 73.1 Å². The van der Waals surface area contributed by atoms with Crippen LogP contribution >= 0.6 is 0 Å². The maximum absolute atomic E-state index is 14.0. The van der Waals surface area contributed by atoms with Crippen molar-refractivity contribution < 1.29 is 13.9 Å². The SMILES string of the molecule is Cc1ccnc(O[C@@H]2CC[C@@H](C)N(C(=O)c3cc(F)ccc3-n3nccn3)C2)c1. The van der Waals surface area contributed by atoms with Crippen LogP contribution in [0.5, 0.6) is 5.88 Å². The molecule has 29 heavy (non-hydrogen) atoms. The summed E-state index contributed by atoms with van der Waals surface area (Å²) in [4.78, 5) is 20.6.